The third-order valence-electron chi connectivity index (χ3n) is 4.28. The van der Waals surface area contributed by atoms with Crippen LogP contribution in [0, 0.1) is 18.2 Å². The van der Waals surface area contributed by atoms with Crippen molar-refractivity contribution in [2.24, 2.45) is 11.1 Å². The van der Waals surface area contributed by atoms with Gasteiger partial charge in [-0.15, -0.1) is 12.4 Å². The zero-order chi connectivity index (χ0) is 14.6. The van der Waals surface area contributed by atoms with Gasteiger partial charge in [-0.25, -0.2) is 4.39 Å². The van der Waals surface area contributed by atoms with E-state index in [1.165, 1.54) is 12.5 Å². The summed E-state index contributed by atoms with van der Waals surface area (Å²) in [6, 6.07) is 4.72. The smallest absolute Gasteiger partial charge is 0.225 e. The molecule has 0 atom stereocenters. The Bertz CT molecular complexity index is 487. The van der Waals surface area contributed by atoms with Gasteiger partial charge in [0, 0.05) is 6.42 Å². The molecule has 5 heteroatoms. The van der Waals surface area contributed by atoms with Crippen molar-refractivity contribution in [3.63, 3.8) is 0 Å². The Morgan fingerprint density at radius 3 is 2.62 bits per heavy atom. The van der Waals surface area contributed by atoms with Gasteiger partial charge in [-0.1, -0.05) is 25.3 Å². The van der Waals surface area contributed by atoms with Gasteiger partial charge in [0.1, 0.15) is 5.82 Å². The number of amides is 1. The Hall–Kier alpha value is -1.13. The normalized spacial score (nSPS) is 16.9. The van der Waals surface area contributed by atoms with Gasteiger partial charge in [0.15, 0.2) is 0 Å². The molecule has 1 amide bonds. The van der Waals surface area contributed by atoms with Crippen LogP contribution in [0.1, 0.15) is 44.1 Å². The molecule has 0 radical (unpaired) electrons. The predicted molar refractivity (Wildman–Crippen MR) is 86.2 cm³/mol. The average Bonchev–Trinajstić information content (AvgIpc) is 2.44. The highest BCUT2D eigenvalue weighted by Gasteiger charge is 2.33. The molecular formula is C16H24ClFN2O. The van der Waals surface area contributed by atoms with E-state index >= 15 is 0 Å². The van der Waals surface area contributed by atoms with Crippen molar-refractivity contribution in [1.82, 2.24) is 0 Å². The zero-order valence-corrected chi connectivity index (χ0v) is 13.3. The van der Waals surface area contributed by atoms with Crippen LogP contribution >= 0.6 is 12.4 Å². The van der Waals surface area contributed by atoms with Gasteiger partial charge in [0.05, 0.1) is 5.69 Å². The fourth-order valence-corrected chi connectivity index (χ4v) is 3.02. The van der Waals surface area contributed by atoms with Crippen molar-refractivity contribution >= 4 is 24.0 Å². The minimum atomic E-state index is -0.394. The SMILES string of the molecule is Cc1ccc(F)c(NC(=O)CC2(CN)CCCCC2)c1.Cl. The number of halogens is 2. The average molecular weight is 315 g/mol. The Labute approximate surface area is 131 Å². The van der Waals surface area contributed by atoms with Crippen molar-refractivity contribution in [2.75, 3.05) is 11.9 Å². The van der Waals surface area contributed by atoms with Crippen LogP contribution in [0.2, 0.25) is 0 Å². The van der Waals surface area contributed by atoms with E-state index in [0.29, 0.717) is 13.0 Å². The molecule has 3 N–H and O–H groups in total. The summed E-state index contributed by atoms with van der Waals surface area (Å²) in [4.78, 5) is 12.2. The van der Waals surface area contributed by atoms with Gasteiger partial charge in [0.25, 0.3) is 0 Å². The standard InChI is InChI=1S/C16H23FN2O.ClH/c1-12-5-6-13(17)14(9-12)19-15(20)10-16(11-18)7-3-2-4-8-16;/h5-6,9H,2-4,7-8,10-11,18H2,1H3,(H,19,20);1H. The lowest BCUT2D eigenvalue weighted by molar-refractivity contribution is -0.118. The monoisotopic (exact) mass is 314 g/mol. The molecule has 0 bridgehead atoms. The lowest BCUT2D eigenvalue weighted by Crippen LogP contribution is -2.36. The van der Waals surface area contributed by atoms with Crippen LogP contribution in [-0.2, 0) is 4.79 Å². The summed E-state index contributed by atoms with van der Waals surface area (Å²) in [5, 5.41) is 2.69. The molecule has 0 aliphatic heterocycles. The van der Waals surface area contributed by atoms with Gasteiger partial charge < -0.3 is 11.1 Å². The molecule has 1 aliphatic carbocycles. The summed E-state index contributed by atoms with van der Waals surface area (Å²) in [5.41, 5.74) is 6.97. The predicted octanol–water partition coefficient (Wildman–Crippen LogP) is 3.79. The van der Waals surface area contributed by atoms with Crippen LogP contribution in [-0.4, -0.2) is 12.5 Å². The summed E-state index contributed by atoms with van der Waals surface area (Å²) in [6.45, 7) is 2.40. The van der Waals surface area contributed by atoms with E-state index < -0.39 is 5.82 Å². The molecule has 3 nitrogen and oxygen atoms in total. The molecule has 118 valence electrons. The highest BCUT2D eigenvalue weighted by atomic mass is 35.5. The molecule has 1 fully saturated rings. The first kappa shape index (κ1) is 17.9. The lowest BCUT2D eigenvalue weighted by atomic mass is 9.71. The summed E-state index contributed by atoms with van der Waals surface area (Å²) in [5.74, 6) is -0.531. The first-order valence-corrected chi connectivity index (χ1v) is 7.31. The fourth-order valence-electron chi connectivity index (χ4n) is 3.02. The van der Waals surface area contributed by atoms with Gasteiger partial charge in [-0.2, -0.15) is 0 Å². The molecule has 2 rings (SSSR count). The van der Waals surface area contributed by atoms with E-state index in [2.05, 4.69) is 5.32 Å². The quantitative estimate of drug-likeness (QED) is 0.888. The highest BCUT2D eigenvalue weighted by molar-refractivity contribution is 5.91. The Balaban J connectivity index is 0.00000220. The summed E-state index contributed by atoms with van der Waals surface area (Å²) in [7, 11) is 0. The van der Waals surface area contributed by atoms with Crippen molar-refractivity contribution in [2.45, 2.75) is 45.4 Å². The summed E-state index contributed by atoms with van der Waals surface area (Å²) >= 11 is 0. The molecule has 0 spiro atoms. The summed E-state index contributed by atoms with van der Waals surface area (Å²) in [6.07, 6.45) is 5.85. The number of carbonyl (C=O) groups excluding carboxylic acids is 1. The topological polar surface area (TPSA) is 55.1 Å². The number of carbonyl (C=O) groups is 1. The van der Waals surface area contributed by atoms with Crippen molar-refractivity contribution in [3.8, 4) is 0 Å². The van der Waals surface area contributed by atoms with Crippen molar-refractivity contribution in [3.05, 3.63) is 29.6 Å². The lowest BCUT2D eigenvalue weighted by Gasteiger charge is -2.35. The van der Waals surface area contributed by atoms with E-state index in [0.717, 1.165) is 31.2 Å². The second kappa shape index (κ2) is 7.76. The number of rotatable bonds is 4. The van der Waals surface area contributed by atoms with Crippen LogP contribution < -0.4 is 11.1 Å². The van der Waals surface area contributed by atoms with Crippen molar-refractivity contribution < 1.29 is 9.18 Å². The van der Waals surface area contributed by atoms with E-state index in [-0.39, 0.29) is 29.4 Å². The number of hydrogen-bond acceptors (Lipinski definition) is 2. The maximum Gasteiger partial charge on any atom is 0.225 e. The molecule has 0 saturated heterocycles. The second-order valence-corrected chi connectivity index (χ2v) is 5.97. The molecule has 0 aromatic heterocycles. The molecule has 1 aromatic rings. The minimum absolute atomic E-state index is 0. The van der Waals surface area contributed by atoms with Crippen LogP contribution in [0.3, 0.4) is 0 Å². The minimum Gasteiger partial charge on any atom is -0.330 e. The van der Waals surface area contributed by atoms with E-state index in [1.807, 2.05) is 6.92 Å². The third-order valence-corrected chi connectivity index (χ3v) is 4.28. The second-order valence-electron chi connectivity index (χ2n) is 5.97. The first-order valence-electron chi connectivity index (χ1n) is 7.31. The molecule has 21 heavy (non-hydrogen) atoms. The molecule has 1 aromatic carbocycles. The van der Waals surface area contributed by atoms with Crippen molar-refractivity contribution in [1.29, 1.82) is 0 Å². The van der Waals surface area contributed by atoms with E-state index in [9.17, 15) is 9.18 Å². The maximum absolute atomic E-state index is 13.6. The summed E-state index contributed by atoms with van der Waals surface area (Å²) < 4.78 is 13.6. The highest BCUT2D eigenvalue weighted by Crippen LogP contribution is 2.38. The number of nitrogens with one attached hydrogen (secondary N) is 1. The van der Waals surface area contributed by atoms with Crippen LogP contribution in [0.25, 0.3) is 0 Å². The number of aryl methyl sites for hydroxylation is 1. The van der Waals surface area contributed by atoms with E-state index in [4.69, 9.17) is 5.73 Å². The first-order chi connectivity index (χ1) is 9.54. The molecule has 0 unspecified atom stereocenters. The van der Waals surface area contributed by atoms with Gasteiger partial charge in [0.2, 0.25) is 5.91 Å². The zero-order valence-electron chi connectivity index (χ0n) is 12.5. The van der Waals surface area contributed by atoms with Gasteiger partial charge >= 0.3 is 0 Å². The number of hydrogen-bond donors (Lipinski definition) is 2. The molecular weight excluding hydrogens is 291 g/mol. The Morgan fingerprint density at radius 2 is 2.00 bits per heavy atom. The molecule has 0 heterocycles. The van der Waals surface area contributed by atoms with E-state index in [1.54, 1.807) is 12.1 Å². The molecule has 1 saturated carbocycles. The van der Waals surface area contributed by atoms with Gasteiger partial charge in [-0.3, -0.25) is 4.79 Å². The number of nitrogens with two attached hydrogens (primary N) is 1. The van der Waals surface area contributed by atoms with Crippen LogP contribution in [0.15, 0.2) is 18.2 Å². The maximum atomic E-state index is 13.6. The Morgan fingerprint density at radius 1 is 1.33 bits per heavy atom. The van der Waals surface area contributed by atoms with Crippen LogP contribution in [0.5, 0.6) is 0 Å². The largest absolute Gasteiger partial charge is 0.330 e. The molecule has 1 aliphatic rings. The number of benzene rings is 1. The number of anilines is 1. The Kier molecular flexibility index (Phi) is 6.62. The van der Waals surface area contributed by atoms with Gasteiger partial charge in [-0.05, 0) is 49.4 Å². The fraction of sp³-hybridized carbons (Fsp3) is 0.562. The van der Waals surface area contributed by atoms with Crippen LogP contribution in [0.4, 0.5) is 10.1 Å². The third kappa shape index (κ3) is 4.68.